The van der Waals surface area contributed by atoms with Crippen LogP contribution in [0, 0.1) is 5.21 Å². The second-order valence-electron chi connectivity index (χ2n) is 3.63. The van der Waals surface area contributed by atoms with Gasteiger partial charge in [-0.25, -0.2) is 0 Å². The zero-order valence-corrected chi connectivity index (χ0v) is 7.69. The number of nitrogens with zero attached hydrogens (tertiary/aromatic N) is 1. The van der Waals surface area contributed by atoms with Crippen molar-refractivity contribution in [1.82, 2.24) is 0 Å². The summed E-state index contributed by atoms with van der Waals surface area (Å²) in [5, 5.41) is 20.5. The highest BCUT2D eigenvalue weighted by Crippen LogP contribution is 2.17. The van der Waals surface area contributed by atoms with E-state index >= 15 is 0 Å². The molecule has 1 aliphatic heterocycles. The van der Waals surface area contributed by atoms with Crippen LogP contribution in [0.1, 0.15) is 13.8 Å². The first kappa shape index (κ1) is 9.92. The number of hydrogen-bond donors (Lipinski definition) is 1. The molecule has 0 aromatic rings. The van der Waals surface area contributed by atoms with Gasteiger partial charge in [0.1, 0.15) is 31.8 Å². The lowest BCUT2D eigenvalue weighted by atomic mass is 10.2. The minimum Gasteiger partial charge on any atom is -0.633 e. The van der Waals surface area contributed by atoms with E-state index in [4.69, 9.17) is 9.84 Å². The Labute approximate surface area is 72.9 Å². The Morgan fingerprint density at radius 2 is 1.92 bits per heavy atom. The third kappa shape index (κ3) is 2.42. The number of morpholine rings is 1. The SMILES string of the molecule is CC1C[N+]([O-])(CCO)CC(C)O1. The van der Waals surface area contributed by atoms with Gasteiger partial charge in [-0.3, -0.25) is 0 Å². The third-order valence-electron chi connectivity index (χ3n) is 2.15. The monoisotopic (exact) mass is 175 g/mol. The molecule has 72 valence electrons. The first-order valence-corrected chi connectivity index (χ1v) is 4.39. The van der Waals surface area contributed by atoms with Crippen LogP contribution in [-0.2, 0) is 4.74 Å². The van der Waals surface area contributed by atoms with Gasteiger partial charge >= 0.3 is 0 Å². The fraction of sp³-hybridized carbons (Fsp3) is 1.00. The molecule has 4 heteroatoms. The molecule has 4 nitrogen and oxygen atoms in total. The highest BCUT2D eigenvalue weighted by Gasteiger charge is 2.30. The van der Waals surface area contributed by atoms with Crippen molar-refractivity contribution in [2.45, 2.75) is 26.1 Å². The quantitative estimate of drug-likeness (QED) is 0.478. The average molecular weight is 175 g/mol. The fourth-order valence-electron chi connectivity index (χ4n) is 1.86. The zero-order valence-electron chi connectivity index (χ0n) is 7.69. The summed E-state index contributed by atoms with van der Waals surface area (Å²) in [6.45, 7) is 4.98. The summed E-state index contributed by atoms with van der Waals surface area (Å²) in [6, 6.07) is 0. The van der Waals surface area contributed by atoms with Crippen LogP contribution >= 0.6 is 0 Å². The van der Waals surface area contributed by atoms with Crippen molar-refractivity contribution in [1.29, 1.82) is 0 Å². The molecule has 0 saturated carbocycles. The van der Waals surface area contributed by atoms with Crippen LogP contribution < -0.4 is 0 Å². The van der Waals surface area contributed by atoms with E-state index < -0.39 is 0 Å². The first-order chi connectivity index (χ1) is 5.56. The second-order valence-corrected chi connectivity index (χ2v) is 3.63. The zero-order chi connectivity index (χ0) is 9.19. The Balaban J connectivity index is 2.52. The molecule has 1 N–H and O–H groups in total. The van der Waals surface area contributed by atoms with Gasteiger partial charge in [-0.05, 0) is 13.8 Å². The molecule has 1 aliphatic rings. The minimum absolute atomic E-state index is 0.0119. The van der Waals surface area contributed by atoms with Crippen molar-refractivity contribution in [3.63, 3.8) is 0 Å². The molecule has 1 saturated heterocycles. The van der Waals surface area contributed by atoms with Crippen molar-refractivity contribution < 1.29 is 14.5 Å². The molecule has 2 atom stereocenters. The maximum Gasteiger partial charge on any atom is 0.105 e. The summed E-state index contributed by atoms with van der Waals surface area (Å²) in [5.74, 6) is 0. The molecular formula is C8H17NO3. The van der Waals surface area contributed by atoms with Gasteiger partial charge in [-0.15, -0.1) is 0 Å². The Morgan fingerprint density at radius 1 is 1.42 bits per heavy atom. The molecule has 1 rings (SSSR count). The van der Waals surface area contributed by atoms with Crippen LogP contribution in [0.2, 0.25) is 0 Å². The van der Waals surface area contributed by atoms with E-state index in [0.717, 1.165) is 0 Å². The summed E-state index contributed by atoms with van der Waals surface area (Å²) in [6.07, 6.45) is 0.0237. The van der Waals surface area contributed by atoms with E-state index in [9.17, 15) is 5.21 Å². The van der Waals surface area contributed by atoms with Gasteiger partial charge in [0.25, 0.3) is 0 Å². The number of hydrogen-bond acceptors (Lipinski definition) is 3. The predicted molar refractivity (Wildman–Crippen MR) is 45.3 cm³/mol. The van der Waals surface area contributed by atoms with Crippen LogP contribution in [0.15, 0.2) is 0 Å². The topological polar surface area (TPSA) is 52.5 Å². The van der Waals surface area contributed by atoms with Gasteiger partial charge in [0, 0.05) is 0 Å². The maximum atomic E-state index is 11.8. The predicted octanol–water partition coefficient (Wildman–Crippen LogP) is 0.100. The van der Waals surface area contributed by atoms with Crippen LogP contribution in [0.5, 0.6) is 0 Å². The van der Waals surface area contributed by atoms with Gasteiger partial charge < -0.3 is 19.7 Å². The second kappa shape index (κ2) is 3.70. The first-order valence-electron chi connectivity index (χ1n) is 4.39. The smallest absolute Gasteiger partial charge is 0.105 e. The highest BCUT2D eigenvalue weighted by atomic mass is 16.6. The molecule has 0 aromatic heterocycles. The minimum atomic E-state index is -0.307. The average Bonchev–Trinajstić information content (AvgIpc) is 1.82. The molecule has 0 amide bonds. The van der Waals surface area contributed by atoms with E-state index in [1.165, 1.54) is 0 Å². The van der Waals surface area contributed by atoms with Crippen molar-refractivity contribution in [3.8, 4) is 0 Å². The third-order valence-corrected chi connectivity index (χ3v) is 2.15. The summed E-state index contributed by atoms with van der Waals surface area (Å²) in [7, 11) is 0. The van der Waals surface area contributed by atoms with Gasteiger partial charge in [0.2, 0.25) is 0 Å². The van der Waals surface area contributed by atoms with E-state index in [1.807, 2.05) is 13.8 Å². The van der Waals surface area contributed by atoms with Gasteiger partial charge in [0.15, 0.2) is 0 Å². The molecule has 0 aliphatic carbocycles. The van der Waals surface area contributed by atoms with Crippen LogP contribution in [-0.4, -0.2) is 48.2 Å². The van der Waals surface area contributed by atoms with E-state index in [1.54, 1.807) is 0 Å². The normalized spacial score (nSPS) is 43.0. The molecule has 0 bridgehead atoms. The van der Waals surface area contributed by atoms with E-state index in [-0.39, 0.29) is 30.0 Å². The molecule has 0 aromatic carbocycles. The summed E-state index contributed by atoms with van der Waals surface area (Å²) in [5.41, 5.74) is 0. The Kier molecular flexibility index (Phi) is 3.06. The maximum absolute atomic E-state index is 11.8. The largest absolute Gasteiger partial charge is 0.633 e. The van der Waals surface area contributed by atoms with Gasteiger partial charge in [0.05, 0.1) is 6.61 Å². The number of quaternary nitrogens is 1. The van der Waals surface area contributed by atoms with Gasteiger partial charge in [-0.1, -0.05) is 0 Å². The van der Waals surface area contributed by atoms with Crippen molar-refractivity contribution in [2.24, 2.45) is 0 Å². The fourth-order valence-corrected chi connectivity index (χ4v) is 1.86. The number of aliphatic hydroxyl groups is 1. The number of aliphatic hydroxyl groups excluding tert-OH is 1. The lowest BCUT2D eigenvalue weighted by Gasteiger charge is -2.49. The summed E-state index contributed by atoms with van der Waals surface area (Å²) in [4.78, 5) is 0. The molecule has 12 heavy (non-hydrogen) atoms. The van der Waals surface area contributed by atoms with Crippen LogP contribution in [0.25, 0.3) is 0 Å². The summed E-state index contributed by atoms with van der Waals surface area (Å²) < 4.78 is 5.12. The molecule has 1 heterocycles. The van der Waals surface area contributed by atoms with Crippen LogP contribution in [0.3, 0.4) is 0 Å². The van der Waals surface area contributed by atoms with E-state index in [2.05, 4.69) is 0 Å². The van der Waals surface area contributed by atoms with E-state index in [0.29, 0.717) is 13.1 Å². The Bertz CT molecular complexity index is 141. The lowest BCUT2D eigenvalue weighted by Crippen LogP contribution is -2.57. The number of rotatable bonds is 2. The standard InChI is InChI=1S/C8H17NO3/c1-7-5-9(11,3-4-10)6-8(2)12-7/h7-8,10H,3-6H2,1-2H3. The van der Waals surface area contributed by atoms with Crippen molar-refractivity contribution >= 4 is 0 Å². The molecule has 1 fully saturated rings. The molecule has 0 spiro atoms. The Hall–Kier alpha value is -0.160. The summed E-state index contributed by atoms with van der Waals surface area (Å²) >= 11 is 0. The highest BCUT2D eigenvalue weighted by molar-refractivity contribution is 4.64. The Morgan fingerprint density at radius 3 is 2.33 bits per heavy atom. The molecular weight excluding hydrogens is 158 g/mol. The van der Waals surface area contributed by atoms with Crippen LogP contribution in [0.4, 0.5) is 0 Å². The number of hydroxylamine groups is 3. The number of ether oxygens (including phenoxy) is 1. The molecule has 0 radical (unpaired) electrons. The lowest BCUT2D eigenvalue weighted by molar-refractivity contribution is -0.895. The van der Waals surface area contributed by atoms with Crippen molar-refractivity contribution in [2.75, 3.05) is 26.2 Å². The molecule has 2 unspecified atom stereocenters. The van der Waals surface area contributed by atoms with Gasteiger partial charge in [-0.2, -0.15) is 0 Å². The van der Waals surface area contributed by atoms with Crippen molar-refractivity contribution in [3.05, 3.63) is 5.21 Å².